The Morgan fingerprint density at radius 3 is 2.62 bits per heavy atom. The van der Waals surface area contributed by atoms with Crippen molar-refractivity contribution in [3.05, 3.63) is 86.9 Å². The van der Waals surface area contributed by atoms with Crippen LogP contribution in [0.25, 0.3) is 0 Å². The molecule has 7 heteroatoms. The fourth-order valence-corrected chi connectivity index (χ4v) is 5.69. The minimum Gasteiger partial charge on any atom is -0.491 e. The molecule has 0 radical (unpaired) electrons. The molecule has 0 spiro atoms. The lowest BCUT2D eigenvalue weighted by molar-refractivity contribution is -0.135. The van der Waals surface area contributed by atoms with Gasteiger partial charge in [-0.15, -0.1) is 11.3 Å². The number of halogens is 1. The van der Waals surface area contributed by atoms with E-state index in [0.29, 0.717) is 25.3 Å². The largest absolute Gasteiger partial charge is 0.491 e. The standard InChI is InChI=1S/C30H35FN2O3S/c1-5-20(2)17-32(30(35)23-7-9-24(31)10-8-23)18-29(34)33-14-12-28-25(13-15-37-28)26(33)19-36-27-11-6-21(3)16-22(27)4/h6-11,13,15-16,20,26H,5,12,14,17-19H2,1-4H3/t20-,26-/m0/s1. The molecular formula is C30H35FN2O3S. The molecule has 0 N–H and O–H groups in total. The number of carbonyl (C=O) groups excluding carboxylic acids is 2. The van der Waals surface area contributed by atoms with Crippen LogP contribution in [-0.2, 0) is 11.2 Å². The lowest BCUT2D eigenvalue weighted by Gasteiger charge is -2.37. The molecular weight excluding hydrogens is 487 g/mol. The van der Waals surface area contributed by atoms with E-state index in [9.17, 15) is 14.0 Å². The highest BCUT2D eigenvalue weighted by Crippen LogP contribution is 2.34. The van der Waals surface area contributed by atoms with Crippen molar-refractivity contribution in [1.82, 2.24) is 9.80 Å². The second kappa shape index (κ2) is 11.9. The maximum atomic E-state index is 13.8. The van der Waals surface area contributed by atoms with Gasteiger partial charge in [0.1, 0.15) is 24.7 Å². The van der Waals surface area contributed by atoms with Gasteiger partial charge in [-0.2, -0.15) is 0 Å². The summed E-state index contributed by atoms with van der Waals surface area (Å²) in [5.74, 6) is 0.276. The molecule has 5 nitrogen and oxygen atoms in total. The number of benzene rings is 2. The third kappa shape index (κ3) is 6.39. The van der Waals surface area contributed by atoms with Gasteiger partial charge in [-0.25, -0.2) is 4.39 Å². The van der Waals surface area contributed by atoms with Crippen LogP contribution in [-0.4, -0.2) is 47.9 Å². The maximum absolute atomic E-state index is 13.8. The Hall–Kier alpha value is -3.19. The number of hydrogen-bond donors (Lipinski definition) is 0. The van der Waals surface area contributed by atoms with E-state index in [0.717, 1.165) is 29.7 Å². The number of rotatable bonds is 9. The van der Waals surface area contributed by atoms with Crippen LogP contribution >= 0.6 is 11.3 Å². The highest BCUT2D eigenvalue weighted by molar-refractivity contribution is 7.10. The van der Waals surface area contributed by atoms with Crippen molar-refractivity contribution in [2.24, 2.45) is 5.92 Å². The molecule has 2 amide bonds. The van der Waals surface area contributed by atoms with Crippen LogP contribution in [0.4, 0.5) is 4.39 Å². The van der Waals surface area contributed by atoms with Crippen LogP contribution in [0.5, 0.6) is 5.75 Å². The molecule has 1 aliphatic rings. The molecule has 0 aliphatic carbocycles. The molecule has 2 aromatic carbocycles. The van der Waals surface area contributed by atoms with Gasteiger partial charge in [0.2, 0.25) is 5.91 Å². The van der Waals surface area contributed by atoms with E-state index in [1.54, 1.807) is 16.2 Å². The number of fused-ring (bicyclic) bond motifs is 1. The first-order chi connectivity index (χ1) is 17.8. The third-order valence-corrected chi connectivity index (χ3v) is 8.07. The van der Waals surface area contributed by atoms with Crippen molar-refractivity contribution in [2.45, 2.75) is 46.6 Å². The fourth-order valence-electron chi connectivity index (χ4n) is 4.76. The molecule has 3 aromatic rings. The number of nitrogens with zero attached hydrogens (tertiary/aromatic N) is 2. The molecule has 0 fully saturated rings. The van der Waals surface area contributed by atoms with E-state index in [1.165, 1.54) is 34.7 Å². The van der Waals surface area contributed by atoms with E-state index in [-0.39, 0.29) is 30.3 Å². The average molecular weight is 523 g/mol. The molecule has 0 saturated heterocycles. The quantitative estimate of drug-likeness (QED) is 0.336. The van der Waals surface area contributed by atoms with Gasteiger partial charge in [-0.3, -0.25) is 9.59 Å². The van der Waals surface area contributed by atoms with Crippen molar-refractivity contribution >= 4 is 23.2 Å². The summed E-state index contributed by atoms with van der Waals surface area (Å²) in [6.07, 6.45) is 1.67. The lowest BCUT2D eigenvalue weighted by atomic mass is 10.00. The summed E-state index contributed by atoms with van der Waals surface area (Å²) in [6.45, 7) is 9.56. The second-order valence-electron chi connectivity index (χ2n) is 9.94. The van der Waals surface area contributed by atoms with Gasteiger partial charge < -0.3 is 14.5 Å². The summed E-state index contributed by atoms with van der Waals surface area (Å²) in [4.78, 5) is 31.8. The zero-order valence-electron chi connectivity index (χ0n) is 22.0. The summed E-state index contributed by atoms with van der Waals surface area (Å²) < 4.78 is 19.7. The summed E-state index contributed by atoms with van der Waals surface area (Å²) in [7, 11) is 0. The van der Waals surface area contributed by atoms with Crippen molar-refractivity contribution in [3.63, 3.8) is 0 Å². The van der Waals surface area contributed by atoms with Gasteiger partial charge in [0.15, 0.2) is 0 Å². The van der Waals surface area contributed by atoms with Crippen molar-refractivity contribution in [3.8, 4) is 5.75 Å². The number of hydrogen-bond acceptors (Lipinski definition) is 4. The monoisotopic (exact) mass is 522 g/mol. The molecule has 0 bridgehead atoms. The molecule has 0 saturated carbocycles. The molecule has 196 valence electrons. The number of ether oxygens (including phenoxy) is 1. The van der Waals surface area contributed by atoms with Crippen molar-refractivity contribution in [1.29, 1.82) is 0 Å². The Labute approximate surface area is 222 Å². The number of amides is 2. The van der Waals surface area contributed by atoms with Crippen LogP contribution in [0.1, 0.15) is 58.2 Å². The van der Waals surface area contributed by atoms with Gasteiger partial charge in [-0.05, 0) is 79.1 Å². The van der Waals surface area contributed by atoms with Crippen LogP contribution < -0.4 is 4.74 Å². The minimum atomic E-state index is -0.396. The zero-order chi connectivity index (χ0) is 26.5. The van der Waals surface area contributed by atoms with Gasteiger partial charge in [-0.1, -0.05) is 38.0 Å². The normalized spacial score (nSPS) is 15.7. The van der Waals surface area contributed by atoms with E-state index in [1.807, 2.05) is 30.9 Å². The van der Waals surface area contributed by atoms with Gasteiger partial charge in [0.25, 0.3) is 5.91 Å². The van der Waals surface area contributed by atoms with Crippen LogP contribution in [0, 0.1) is 25.6 Å². The second-order valence-corrected chi connectivity index (χ2v) is 10.9. The smallest absolute Gasteiger partial charge is 0.254 e. The molecule has 2 atom stereocenters. The summed E-state index contributed by atoms with van der Waals surface area (Å²) in [5, 5.41) is 2.07. The van der Waals surface area contributed by atoms with Crippen LogP contribution in [0.3, 0.4) is 0 Å². The zero-order valence-corrected chi connectivity index (χ0v) is 22.8. The van der Waals surface area contributed by atoms with Gasteiger partial charge >= 0.3 is 0 Å². The van der Waals surface area contributed by atoms with E-state index < -0.39 is 5.82 Å². The van der Waals surface area contributed by atoms with E-state index >= 15 is 0 Å². The van der Waals surface area contributed by atoms with Crippen molar-refractivity contribution < 1.29 is 18.7 Å². The van der Waals surface area contributed by atoms with Crippen LogP contribution in [0.15, 0.2) is 53.9 Å². The molecule has 4 rings (SSSR count). The molecule has 1 aromatic heterocycles. The summed E-state index contributed by atoms with van der Waals surface area (Å²) in [5.41, 5.74) is 3.73. The fraction of sp³-hybridized carbons (Fsp3) is 0.400. The lowest BCUT2D eigenvalue weighted by Crippen LogP contribution is -2.48. The highest BCUT2D eigenvalue weighted by Gasteiger charge is 2.34. The predicted octanol–water partition coefficient (Wildman–Crippen LogP) is 6.20. The van der Waals surface area contributed by atoms with E-state index in [2.05, 4.69) is 31.4 Å². The number of carbonyl (C=O) groups is 2. The maximum Gasteiger partial charge on any atom is 0.254 e. The SMILES string of the molecule is CC[C@H](C)CN(CC(=O)N1CCc2sccc2[C@@H]1COc1ccc(C)cc1C)C(=O)c1ccc(F)cc1. The third-order valence-electron chi connectivity index (χ3n) is 7.08. The Morgan fingerprint density at radius 2 is 1.92 bits per heavy atom. The molecule has 0 unspecified atom stereocenters. The molecule has 2 heterocycles. The van der Waals surface area contributed by atoms with Gasteiger partial charge in [0, 0.05) is 23.5 Å². The first-order valence-electron chi connectivity index (χ1n) is 12.9. The first kappa shape index (κ1) is 26.9. The minimum absolute atomic E-state index is 0.0277. The average Bonchev–Trinajstić information content (AvgIpc) is 3.37. The number of aryl methyl sites for hydroxylation is 2. The van der Waals surface area contributed by atoms with E-state index in [4.69, 9.17) is 4.74 Å². The first-order valence-corrected chi connectivity index (χ1v) is 13.7. The molecule has 1 aliphatic heterocycles. The number of thiophene rings is 1. The Balaban J connectivity index is 1.55. The van der Waals surface area contributed by atoms with Crippen molar-refractivity contribution in [2.75, 3.05) is 26.2 Å². The Kier molecular flexibility index (Phi) is 8.64. The topological polar surface area (TPSA) is 49.9 Å². The van der Waals surface area contributed by atoms with Crippen LogP contribution in [0.2, 0.25) is 0 Å². The highest BCUT2D eigenvalue weighted by atomic mass is 32.1. The van der Waals surface area contributed by atoms with Gasteiger partial charge in [0.05, 0.1) is 6.04 Å². The Morgan fingerprint density at radius 1 is 1.16 bits per heavy atom. The molecule has 37 heavy (non-hydrogen) atoms. The predicted molar refractivity (Wildman–Crippen MR) is 146 cm³/mol. The Bertz CT molecular complexity index is 1240. The summed E-state index contributed by atoms with van der Waals surface area (Å²) in [6, 6.07) is 13.4. The summed E-state index contributed by atoms with van der Waals surface area (Å²) >= 11 is 1.71.